The molecule has 5 heteroatoms. The molecule has 1 aliphatic heterocycles. The van der Waals surface area contributed by atoms with E-state index in [0.717, 1.165) is 36.0 Å². The molecule has 1 saturated heterocycles. The van der Waals surface area contributed by atoms with Gasteiger partial charge in [0, 0.05) is 30.2 Å². The molecule has 0 spiro atoms. The summed E-state index contributed by atoms with van der Waals surface area (Å²) in [6, 6.07) is 25.2. The maximum atomic E-state index is 12.2. The molecule has 0 bridgehead atoms. The Labute approximate surface area is 171 Å². The highest BCUT2D eigenvalue weighted by Crippen LogP contribution is 2.23. The van der Waals surface area contributed by atoms with Crippen LogP contribution in [0.15, 0.2) is 78.9 Å². The average Bonchev–Trinajstić information content (AvgIpc) is 3.30. The van der Waals surface area contributed by atoms with Crippen LogP contribution in [0.2, 0.25) is 0 Å². The Morgan fingerprint density at radius 3 is 2.10 bits per heavy atom. The highest BCUT2D eigenvalue weighted by Gasteiger charge is 2.11. The van der Waals surface area contributed by atoms with Crippen molar-refractivity contribution in [2.24, 2.45) is 0 Å². The van der Waals surface area contributed by atoms with Crippen LogP contribution >= 0.6 is 0 Å². The molecule has 0 unspecified atom stereocenters. The molecule has 5 nitrogen and oxygen atoms in total. The Balaban J connectivity index is 1.25. The summed E-state index contributed by atoms with van der Waals surface area (Å²) >= 11 is 0. The van der Waals surface area contributed by atoms with E-state index in [1.54, 1.807) is 0 Å². The topological polar surface area (TPSA) is 53.6 Å². The highest BCUT2D eigenvalue weighted by molar-refractivity contribution is 5.93. The fourth-order valence-corrected chi connectivity index (χ4v) is 3.38. The van der Waals surface area contributed by atoms with Gasteiger partial charge in [-0.2, -0.15) is 0 Å². The van der Waals surface area contributed by atoms with Crippen molar-refractivity contribution >= 4 is 23.0 Å². The molecule has 0 aliphatic carbocycles. The number of nitrogens with zero attached hydrogens (tertiary/aromatic N) is 1. The van der Waals surface area contributed by atoms with Crippen LogP contribution in [0.25, 0.3) is 0 Å². The number of anilines is 3. The maximum Gasteiger partial charge on any atom is 0.243 e. The van der Waals surface area contributed by atoms with Crippen LogP contribution in [0.1, 0.15) is 12.8 Å². The lowest BCUT2D eigenvalue weighted by Gasteiger charge is -2.18. The number of hydrogen-bond acceptors (Lipinski definition) is 4. The van der Waals surface area contributed by atoms with E-state index in [4.69, 9.17) is 4.74 Å². The van der Waals surface area contributed by atoms with Gasteiger partial charge in [0.15, 0.2) is 0 Å². The molecule has 0 atom stereocenters. The van der Waals surface area contributed by atoms with E-state index < -0.39 is 0 Å². The van der Waals surface area contributed by atoms with Gasteiger partial charge in [0.05, 0.1) is 6.54 Å². The normalized spacial score (nSPS) is 13.2. The smallest absolute Gasteiger partial charge is 0.243 e. The summed E-state index contributed by atoms with van der Waals surface area (Å²) in [6.45, 7) is 2.47. The lowest BCUT2D eigenvalue weighted by molar-refractivity contribution is -0.114. The summed E-state index contributed by atoms with van der Waals surface area (Å²) in [6.07, 6.45) is 2.53. The predicted molar refractivity (Wildman–Crippen MR) is 118 cm³/mol. The van der Waals surface area contributed by atoms with Crippen LogP contribution in [0.3, 0.4) is 0 Å². The first-order valence-electron chi connectivity index (χ1n) is 9.98. The number of carbonyl (C=O) groups is 1. The van der Waals surface area contributed by atoms with Crippen molar-refractivity contribution in [2.45, 2.75) is 12.8 Å². The van der Waals surface area contributed by atoms with Gasteiger partial charge in [-0.15, -0.1) is 0 Å². The number of nitrogens with one attached hydrogen (secondary N) is 2. The summed E-state index contributed by atoms with van der Waals surface area (Å²) in [5.74, 6) is 1.42. The summed E-state index contributed by atoms with van der Waals surface area (Å²) in [5.41, 5.74) is 2.92. The SMILES string of the molecule is O=C(CNc1ccc(N2CCCC2)cc1)Nc1ccc(Oc2ccccc2)cc1. The summed E-state index contributed by atoms with van der Waals surface area (Å²) in [5, 5.41) is 6.07. The standard InChI is InChI=1S/C24H25N3O2/c28-24(18-25-19-8-12-21(13-9-19)27-16-4-5-17-27)26-20-10-14-23(15-11-20)29-22-6-2-1-3-7-22/h1-3,6-15,25H,4-5,16-18H2,(H,26,28). The fourth-order valence-electron chi connectivity index (χ4n) is 3.38. The average molecular weight is 387 g/mol. The van der Waals surface area contributed by atoms with Crippen LogP contribution in [-0.2, 0) is 4.79 Å². The second kappa shape index (κ2) is 9.15. The quantitative estimate of drug-likeness (QED) is 0.590. The molecule has 2 N–H and O–H groups in total. The molecule has 0 radical (unpaired) electrons. The molecule has 3 aromatic rings. The number of hydrogen-bond donors (Lipinski definition) is 2. The molecule has 4 rings (SSSR count). The lowest BCUT2D eigenvalue weighted by Crippen LogP contribution is -2.21. The summed E-state index contributed by atoms with van der Waals surface area (Å²) in [4.78, 5) is 14.6. The molecule has 29 heavy (non-hydrogen) atoms. The first kappa shape index (κ1) is 18.9. The van der Waals surface area contributed by atoms with Crippen molar-refractivity contribution in [3.05, 3.63) is 78.9 Å². The third-order valence-corrected chi connectivity index (χ3v) is 4.91. The van der Waals surface area contributed by atoms with Gasteiger partial charge in [-0.1, -0.05) is 18.2 Å². The molecule has 0 aromatic heterocycles. The molecule has 3 aromatic carbocycles. The van der Waals surface area contributed by atoms with Crippen LogP contribution in [0.5, 0.6) is 11.5 Å². The number of amides is 1. The van der Waals surface area contributed by atoms with Crippen molar-refractivity contribution in [1.29, 1.82) is 0 Å². The van der Waals surface area contributed by atoms with E-state index >= 15 is 0 Å². The van der Waals surface area contributed by atoms with Crippen molar-refractivity contribution < 1.29 is 9.53 Å². The van der Waals surface area contributed by atoms with Gasteiger partial charge in [-0.05, 0) is 73.5 Å². The van der Waals surface area contributed by atoms with Gasteiger partial charge in [-0.3, -0.25) is 4.79 Å². The van der Waals surface area contributed by atoms with Crippen LogP contribution < -0.4 is 20.3 Å². The second-order valence-electron chi connectivity index (χ2n) is 7.08. The van der Waals surface area contributed by atoms with Gasteiger partial charge < -0.3 is 20.3 Å². The molecular formula is C24H25N3O2. The summed E-state index contributed by atoms with van der Waals surface area (Å²) in [7, 11) is 0. The fraction of sp³-hybridized carbons (Fsp3) is 0.208. The third-order valence-electron chi connectivity index (χ3n) is 4.91. The number of rotatable bonds is 7. The zero-order chi connectivity index (χ0) is 19.9. The van der Waals surface area contributed by atoms with Crippen molar-refractivity contribution in [3.63, 3.8) is 0 Å². The van der Waals surface area contributed by atoms with E-state index in [9.17, 15) is 4.79 Å². The van der Waals surface area contributed by atoms with Gasteiger partial charge in [-0.25, -0.2) is 0 Å². The Bertz CT molecular complexity index is 919. The first-order valence-corrected chi connectivity index (χ1v) is 9.98. The van der Waals surface area contributed by atoms with Gasteiger partial charge in [0.2, 0.25) is 5.91 Å². The lowest BCUT2D eigenvalue weighted by atomic mass is 10.2. The van der Waals surface area contributed by atoms with E-state index in [1.807, 2.05) is 66.7 Å². The van der Waals surface area contributed by atoms with Crippen molar-refractivity contribution in [2.75, 3.05) is 35.2 Å². The number of carbonyl (C=O) groups excluding carboxylic acids is 1. The Hall–Kier alpha value is -3.47. The van der Waals surface area contributed by atoms with Gasteiger partial charge in [0.25, 0.3) is 0 Å². The van der Waals surface area contributed by atoms with E-state index in [-0.39, 0.29) is 12.5 Å². The van der Waals surface area contributed by atoms with Crippen LogP contribution in [0, 0.1) is 0 Å². The Kier molecular flexibility index (Phi) is 5.95. The minimum atomic E-state index is -0.0923. The number of benzene rings is 3. The van der Waals surface area contributed by atoms with E-state index in [1.165, 1.54) is 18.5 Å². The minimum absolute atomic E-state index is 0.0923. The largest absolute Gasteiger partial charge is 0.457 e. The monoisotopic (exact) mass is 387 g/mol. The van der Waals surface area contributed by atoms with Gasteiger partial charge >= 0.3 is 0 Å². The zero-order valence-corrected chi connectivity index (χ0v) is 16.3. The third kappa shape index (κ3) is 5.29. The maximum absolute atomic E-state index is 12.2. The Morgan fingerprint density at radius 2 is 1.41 bits per heavy atom. The first-order chi connectivity index (χ1) is 14.3. The highest BCUT2D eigenvalue weighted by atomic mass is 16.5. The van der Waals surface area contributed by atoms with E-state index in [0.29, 0.717) is 0 Å². The second-order valence-corrected chi connectivity index (χ2v) is 7.08. The summed E-state index contributed by atoms with van der Waals surface area (Å²) < 4.78 is 5.76. The van der Waals surface area contributed by atoms with E-state index in [2.05, 4.69) is 27.7 Å². The van der Waals surface area contributed by atoms with Crippen LogP contribution in [0.4, 0.5) is 17.1 Å². The van der Waals surface area contributed by atoms with Crippen molar-refractivity contribution in [3.8, 4) is 11.5 Å². The van der Waals surface area contributed by atoms with Gasteiger partial charge in [0.1, 0.15) is 11.5 Å². The zero-order valence-electron chi connectivity index (χ0n) is 16.3. The number of ether oxygens (including phenoxy) is 1. The Morgan fingerprint density at radius 1 is 0.793 bits per heavy atom. The molecule has 0 saturated carbocycles. The molecule has 1 fully saturated rings. The molecular weight excluding hydrogens is 362 g/mol. The molecule has 1 heterocycles. The van der Waals surface area contributed by atoms with Crippen molar-refractivity contribution in [1.82, 2.24) is 0 Å². The molecule has 148 valence electrons. The minimum Gasteiger partial charge on any atom is -0.457 e. The molecule has 1 aliphatic rings. The van der Waals surface area contributed by atoms with Crippen LogP contribution in [-0.4, -0.2) is 25.5 Å². The predicted octanol–water partition coefficient (Wildman–Crippen LogP) is 5.13. The molecule has 1 amide bonds. The number of para-hydroxylation sites is 1.